The molecule has 0 saturated carbocycles. The molecule has 144 valence electrons. The molecule has 0 saturated heterocycles. The molecule has 1 aromatic carbocycles. The van der Waals surface area contributed by atoms with Gasteiger partial charge in [0.15, 0.2) is 5.96 Å². The first kappa shape index (κ1) is 23.8. The highest BCUT2D eigenvalue weighted by molar-refractivity contribution is 14.0. The van der Waals surface area contributed by atoms with E-state index in [4.69, 9.17) is 4.74 Å². The highest BCUT2D eigenvalue weighted by atomic mass is 127. The van der Waals surface area contributed by atoms with Crippen molar-refractivity contribution in [2.45, 2.75) is 33.4 Å². The summed E-state index contributed by atoms with van der Waals surface area (Å²) in [5, 5.41) is 3.24. The van der Waals surface area contributed by atoms with Crippen molar-refractivity contribution in [3.8, 4) is 5.75 Å². The monoisotopic (exact) mass is 471 g/mol. The molecule has 0 radical (unpaired) electrons. The van der Waals surface area contributed by atoms with Crippen molar-refractivity contribution in [3.05, 3.63) is 29.8 Å². The van der Waals surface area contributed by atoms with E-state index < -0.39 is 6.61 Å². The molecule has 1 rings (SSSR count). The minimum atomic E-state index is -2.80. The summed E-state index contributed by atoms with van der Waals surface area (Å²) in [4.78, 5) is 6.56. The number of nitrogens with zero attached hydrogens (tertiary/aromatic N) is 2. The van der Waals surface area contributed by atoms with Gasteiger partial charge in [0.05, 0.1) is 0 Å². The fraction of sp³-hybridized carbons (Fsp3) is 0.588. The maximum absolute atomic E-state index is 12.2. The third-order valence-electron chi connectivity index (χ3n) is 3.18. The van der Waals surface area contributed by atoms with Crippen LogP contribution < -0.4 is 10.1 Å². The first-order valence-electron chi connectivity index (χ1n) is 8.17. The molecule has 0 fully saturated rings. The second-order valence-electron chi connectivity index (χ2n) is 5.16. The number of rotatable bonds is 10. The summed E-state index contributed by atoms with van der Waals surface area (Å²) < 4.78 is 34.0. The Hall–Kier alpha value is -1.16. The van der Waals surface area contributed by atoms with Crippen molar-refractivity contribution >= 4 is 29.9 Å². The second kappa shape index (κ2) is 14.1. The molecule has 0 atom stereocenters. The molecule has 25 heavy (non-hydrogen) atoms. The maximum Gasteiger partial charge on any atom is 0.387 e. The first-order chi connectivity index (χ1) is 11.6. The number of hydrogen-bond donors (Lipinski definition) is 1. The van der Waals surface area contributed by atoms with E-state index in [1.165, 1.54) is 0 Å². The van der Waals surface area contributed by atoms with Gasteiger partial charge in [-0.2, -0.15) is 8.78 Å². The van der Waals surface area contributed by atoms with Crippen molar-refractivity contribution in [1.29, 1.82) is 0 Å². The van der Waals surface area contributed by atoms with Crippen LogP contribution in [-0.4, -0.2) is 50.8 Å². The van der Waals surface area contributed by atoms with E-state index in [-0.39, 0.29) is 29.7 Å². The average Bonchev–Trinajstić information content (AvgIpc) is 2.55. The lowest BCUT2D eigenvalue weighted by atomic mass is 10.2. The minimum absolute atomic E-state index is 0. The van der Waals surface area contributed by atoms with E-state index in [1.807, 2.05) is 25.8 Å². The zero-order valence-electron chi connectivity index (χ0n) is 15.0. The van der Waals surface area contributed by atoms with Crippen molar-refractivity contribution in [2.75, 3.05) is 33.4 Å². The molecule has 0 aliphatic heterocycles. The summed E-state index contributed by atoms with van der Waals surface area (Å²) in [6.45, 7) is 4.68. The Balaban J connectivity index is 0.00000576. The van der Waals surface area contributed by atoms with Gasteiger partial charge >= 0.3 is 6.61 Å². The molecule has 1 aromatic rings. The molecule has 0 aliphatic rings. The molecule has 0 unspecified atom stereocenters. The van der Waals surface area contributed by atoms with Gasteiger partial charge in [0.25, 0.3) is 0 Å². The molecule has 0 spiro atoms. The third-order valence-corrected chi connectivity index (χ3v) is 3.18. The van der Waals surface area contributed by atoms with E-state index in [2.05, 4.69) is 15.0 Å². The Labute approximate surface area is 165 Å². The molecule has 0 amide bonds. The van der Waals surface area contributed by atoms with Gasteiger partial charge in [-0.1, -0.05) is 12.1 Å². The molecule has 8 heteroatoms. The van der Waals surface area contributed by atoms with Gasteiger partial charge in [0.2, 0.25) is 0 Å². The van der Waals surface area contributed by atoms with E-state index >= 15 is 0 Å². The number of ether oxygens (including phenoxy) is 2. The zero-order valence-corrected chi connectivity index (χ0v) is 17.3. The van der Waals surface area contributed by atoms with Crippen LogP contribution in [0.2, 0.25) is 0 Å². The maximum atomic E-state index is 12.2. The van der Waals surface area contributed by atoms with Gasteiger partial charge in [0.1, 0.15) is 5.75 Å². The highest BCUT2D eigenvalue weighted by Gasteiger charge is 2.08. The Morgan fingerprint density at radius 2 is 1.92 bits per heavy atom. The van der Waals surface area contributed by atoms with E-state index in [0.29, 0.717) is 19.7 Å². The summed E-state index contributed by atoms with van der Waals surface area (Å²) in [7, 11) is 1.94. The highest BCUT2D eigenvalue weighted by Crippen LogP contribution is 2.15. The standard InChI is InChI=1S/C17H27F2N3O2.HI/c1-4-20-17(21-11-6-12-23-5-2)22(3)13-14-7-9-15(10-8-14)24-16(18)19;/h7-10,16H,4-6,11-13H2,1-3H3,(H,20,21);1H. The van der Waals surface area contributed by atoms with Crippen LogP contribution in [0.25, 0.3) is 0 Å². The fourth-order valence-corrected chi connectivity index (χ4v) is 2.09. The van der Waals surface area contributed by atoms with Crippen LogP contribution in [0.1, 0.15) is 25.8 Å². The van der Waals surface area contributed by atoms with Crippen LogP contribution in [-0.2, 0) is 11.3 Å². The van der Waals surface area contributed by atoms with Gasteiger partial charge in [-0.3, -0.25) is 4.99 Å². The van der Waals surface area contributed by atoms with Crippen molar-refractivity contribution in [2.24, 2.45) is 4.99 Å². The number of nitrogens with one attached hydrogen (secondary N) is 1. The Morgan fingerprint density at radius 3 is 2.48 bits per heavy atom. The lowest BCUT2D eigenvalue weighted by Crippen LogP contribution is -2.38. The first-order valence-corrected chi connectivity index (χ1v) is 8.17. The topological polar surface area (TPSA) is 46.1 Å². The molecular formula is C17H28F2IN3O2. The Morgan fingerprint density at radius 1 is 1.24 bits per heavy atom. The van der Waals surface area contributed by atoms with Crippen LogP contribution in [0, 0.1) is 0 Å². The van der Waals surface area contributed by atoms with Crippen molar-refractivity contribution < 1.29 is 18.3 Å². The average molecular weight is 471 g/mol. The van der Waals surface area contributed by atoms with Gasteiger partial charge in [-0.15, -0.1) is 24.0 Å². The molecule has 0 aromatic heterocycles. The fourth-order valence-electron chi connectivity index (χ4n) is 2.09. The predicted octanol–water partition coefficient (Wildman–Crippen LogP) is 3.73. The largest absolute Gasteiger partial charge is 0.435 e. The predicted molar refractivity (Wildman–Crippen MR) is 107 cm³/mol. The lowest BCUT2D eigenvalue weighted by Gasteiger charge is -2.22. The number of alkyl halides is 2. The quantitative estimate of drug-likeness (QED) is 0.245. The van der Waals surface area contributed by atoms with E-state index in [1.54, 1.807) is 24.3 Å². The van der Waals surface area contributed by atoms with Crippen LogP contribution in [0.15, 0.2) is 29.3 Å². The van der Waals surface area contributed by atoms with Crippen LogP contribution in [0.3, 0.4) is 0 Å². The number of guanidine groups is 1. The number of benzene rings is 1. The van der Waals surface area contributed by atoms with Gasteiger partial charge < -0.3 is 19.7 Å². The van der Waals surface area contributed by atoms with E-state index in [9.17, 15) is 8.78 Å². The number of halogens is 3. The third kappa shape index (κ3) is 10.4. The second-order valence-corrected chi connectivity index (χ2v) is 5.16. The Kier molecular flexibility index (Phi) is 13.4. The lowest BCUT2D eigenvalue weighted by molar-refractivity contribution is -0.0498. The molecule has 0 heterocycles. The zero-order chi connectivity index (χ0) is 17.8. The summed E-state index contributed by atoms with van der Waals surface area (Å²) in [6.07, 6.45) is 0.871. The van der Waals surface area contributed by atoms with Gasteiger partial charge in [-0.05, 0) is 38.0 Å². The summed E-state index contributed by atoms with van der Waals surface area (Å²) in [5.41, 5.74) is 0.985. The summed E-state index contributed by atoms with van der Waals surface area (Å²) in [6, 6.07) is 6.63. The summed E-state index contributed by atoms with van der Waals surface area (Å²) >= 11 is 0. The normalized spacial score (nSPS) is 11.2. The van der Waals surface area contributed by atoms with Crippen LogP contribution in [0.4, 0.5) is 8.78 Å². The molecular weight excluding hydrogens is 443 g/mol. The molecule has 5 nitrogen and oxygen atoms in total. The van der Waals surface area contributed by atoms with E-state index in [0.717, 1.165) is 31.1 Å². The van der Waals surface area contributed by atoms with Crippen LogP contribution in [0.5, 0.6) is 5.75 Å². The number of hydrogen-bond acceptors (Lipinski definition) is 3. The number of aliphatic imine (C=N–C) groups is 1. The smallest absolute Gasteiger partial charge is 0.387 e. The molecule has 0 bridgehead atoms. The van der Waals surface area contributed by atoms with Gasteiger partial charge in [-0.25, -0.2) is 0 Å². The molecule has 1 N–H and O–H groups in total. The Bertz CT molecular complexity index is 487. The minimum Gasteiger partial charge on any atom is -0.435 e. The van der Waals surface area contributed by atoms with Crippen molar-refractivity contribution in [1.82, 2.24) is 10.2 Å². The molecule has 0 aliphatic carbocycles. The van der Waals surface area contributed by atoms with Crippen molar-refractivity contribution in [3.63, 3.8) is 0 Å². The van der Waals surface area contributed by atoms with Gasteiger partial charge in [0, 0.05) is 39.9 Å². The SMILES string of the molecule is CCNC(=NCCCOCC)N(C)Cc1ccc(OC(F)F)cc1.I. The summed E-state index contributed by atoms with van der Waals surface area (Å²) in [5.74, 6) is 0.967. The van der Waals surface area contributed by atoms with Crippen LogP contribution >= 0.6 is 24.0 Å².